The van der Waals surface area contributed by atoms with Crippen LogP contribution in [0.4, 0.5) is 10.6 Å². The van der Waals surface area contributed by atoms with E-state index in [0.717, 1.165) is 60.8 Å². The summed E-state index contributed by atoms with van der Waals surface area (Å²) < 4.78 is 4.86. The molecule has 1 spiro atoms. The van der Waals surface area contributed by atoms with Crippen molar-refractivity contribution >= 4 is 45.5 Å². The van der Waals surface area contributed by atoms with Gasteiger partial charge in [0.15, 0.2) is 0 Å². The van der Waals surface area contributed by atoms with Crippen LogP contribution in [0.25, 0.3) is 21.8 Å². The van der Waals surface area contributed by atoms with E-state index in [4.69, 9.17) is 15.5 Å². The van der Waals surface area contributed by atoms with Crippen molar-refractivity contribution in [2.45, 2.75) is 38.0 Å². The van der Waals surface area contributed by atoms with Crippen molar-refractivity contribution < 1.29 is 19.1 Å². The maximum absolute atomic E-state index is 12.7. The van der Waals surface area contributed by atoms with E-state index in [2.05, 4.69) is 33.4 Å². The first-order chi connectivity index (χ1) is 17.9. The second-order valence-corrected chi connectivity index (χ2v) is 10.6. The van der Waals surface area contributed by atoms with Gasteiger partial charge >= 0.3 is 6.09 Å². The number of hydrogen-bond acceptors (Lipinski definition) is 6. The Labute approximate surface area is 214 Å². The second-order valence-electron chi connectivity index (χ2n) is 10.6. The van der Waals surface area contributed by atoms with Crippen LogP contribution in [-0.4, -0.2) is 72.6 Å². The fourth-order valence-electron chi connectivity index (χ4n) is 6.53. The smallest absolute Gasteiger partial charge is 0.409 e. The molecule has 3 fully saturated rings. The predicted octanol–water partition coefficient (Wildman–Crippen LogP) is 2.87. The summed E-state index contributed by atoms with van der Waals surface area (Å²) in [7, 11) is 1.41. The average Bonchev–Trinajstić information content (AvgIpc) is 3.47. The van der Waals surface area contributed by atoms with Gasteiger partial charge in [0.05, 0.1) is 29.0 Å². The number of nitrogens with two attached hydrogens (primary N) is 1. The van der Waals surface area contributed by atoms with Gasteiger partial charge in [-0.15, -0.1) is 0 Å². The molecule has 4 N–H and O–H groups in total. The third kappa shape index (κ3) is 3.86. The van der Waals surface area contributed by atoms with Gasteiger partial charge in [0.25, 0.3) is 5.91 Å². The molecule has 3 aliphatic rings. The van der Waals surface area contributed by atoms with Crippen molar-refractivity contribution in [2.24, 2.45) is 11.1 Å². The lowest BCUT2D eigenvalue weighted by atomic mass is 9.78. The second kappa shape index (κ2) is 8.93. The van der Waals surface area contributed by atoms with Gasteiger partial charge in [-0.1, -0.05) is 12.1 Å². The lowest BCUT2D eigenvalue weighted by molar-refractivity contribution is -0.128. The number of nitrogens with zero attached hydrogens (tertiary/aromatic N) is 3. The molecule has 194 valence electrons. The third-order valence-corrected chi connectivity index (χ3v) is 8.54. The Hall–Kier alpha value is -3.82. The molecule has 6 rings (SSSR count). The molecule has 37 heavy (non-hydrogen) atoms. The molecular weight excluding hydrogens is 472 g/mol. The van der Waals surface area contributed by atoms with Gasteiger partial charge in [-0.25, -0.2) is 9.78 Å². The number of piperidine rings is 2. The van der Waals surface area contributed by atoms with Crippen molar-refractivity contribution in [1.29, 1.82) is 0 Å². The van der Waals surface area contributed by atoms with E-state index in [1.54, 1.807) is 11.1 Å². The zero-order valence-electron chi connectivity index (χ0n) is 21.0. The number of fused-ring (bicyclic) bond motifs is 3. The van der Waals surface area contributed by atoms with Crippen molar-refractivity contribution in [1.82, 2.24) is 20.2 Å². The predicted molar refractivity (Wildman–Crippen MR) is 140 cm³/mol. The van der Waals surface area contributed by atoms with Crippen LogP contribution >= 0.6 is 0 Å². The molecule has 3 aliphatic heterocycles. The number of amides is 3. The monoisotopic (exact) mass is 504 g/mol. The third-order valence-electron chi connectivity index (χ3n) is 8.54. The highest BCUT2D eigenvalue weighted by molar-refractivity contribution is 6.18. The molecule has 3 saturated heterocycles. The van der Waals surface area contributed by atoms with E-state index in [9.17, 15) is 14.4 Å². The molecule has 3 aromatic rings. The summed E-state index contributed by atoms with van der Waals surface area (Å²) in [6.07, 6.45) is 5.61. The number of aromatic amines is 1. The highest BCUT2D eigenvalue weighted by Crippen LogP contribution is 2.42. The quantitative estimate of drug-likeness (QED) is 0.502. The number of hydrogen-bond donors (Lipinski definition) is 3. The maximum atomic E-state index is 12.7. The SMILES string of the molecule is COC(=O)N1CCC(c2ccc3c(c2)[nH]c2c(C(N)=O)cnc(N4CCCC5(CCNC5=O)C4)c23)CC1. The van der Waals surface area contributed by atoms with Crippen LogP contribution in [-0.2, 0) is 9.53 Å². The molecule has 5 heterocycles. The highest BCUT2D eigenvalue weighted by Gasteiger charge is 2.45. The van der Waals surface area contributed by atoms with E-state index in [-0.39, 0.29) is 17.4 Å². The van der Waals surface area contributed by atoms with E-state index in [0.29, 0.717) is 43.2 Å². The summed E-state index contributed by atoms with van der Waals surface area (Å²) in [6, 6.07) is 6.37. The Balaban J connectivity index is 1.39. The summed E-state index contributed by atoms with van der Waals surface area (Å²) in [6.45, 7) is 3.44. The lowest BCUT2D eigenvalue weighted by Crippen LogP contribution is -2.47. The number of nitrogens with one attached hydrogen (secondary N) is 2. The highest BCUT2D eigenvalue weighted by atomic mass is 16.5. The summed E-state index contributed by atoms with van der Waals surface area (Å²) in [5.41, 5.74) is 8.50. The topological polar surface area (TPSA) is 134 Å². The van der Waals surface area contributed by atoms with E-state index >= 15 is 0 Å². The molecular formula is C27H32N6O4. The van der Waals surface area contributed by atoms with Crippen molar-refractivity contribution in [2.75, 3.05) is 44.7 Å². The number of methoxy groups -OCH3 is 1. The Morgan fingerprint density at radius 2 is 2.00 bits per heavy atom. The number of ether oxygens (including phenoxy) is 1. The van der Waals surface area contributed by atoms with Crippen LogP contribution in [0, 0.1) is 5.41 Å². The van der Waals surface area contributed by atoms with Crippen molar-refractivity contribution in [3.05, 3.63) is 35.5 Å². The molecule has 0 bridgehead atoms. The number of primary amides is 1. The molecule has 0 saturated carbocycles. The molecule has 2 aromatic heterocycles. The number of benzene rings is 1. The first-order valence-corrected chi connectivity index (χ1v) is 13.0. The zero-order chi connectivity index (χ0) is 25.7. The van der Waals surface area contributed by atoms with Gasteiger partial charge in [0.1, 0.15) is 5.82 Å². The Morgan fingerprint density at radius 1 is 1.19 bits per heavy atom. The minimum Gasteiger partial charge on any atom is -0.453 e. The minimum atomic E-state index is -0.531. The largest absolute Gasteiger partial charge is 0.453 e. The Bertz CT molecular complexity index is 1410. The van der Waals surface area contributed by atoms with Crippen LogP contribution in [0.2, 0.25) is 0 Å². The van der Waals surface area contributed by atoms with Crippen molar-refractivity contribution in [3.8, 4) is 0 Å². The molecule has 0 aliphatic carbocycles. The van der Waals surface area contributed by atoms with Gasteiger partial charge < -0.3 is 30.6 Å². The molecule has 0 radical (unpaired) electrons. The fraction of sp³-hybridized carbons (Fsp3) is 0.481. The number of pyridine rings is 1. The summed E-state index contributed by atoms with van der Waals surface area (Å²) in [5, 5.41) is 4.85. The standard InChI is InChI=1S/C27H32N6O4/c1-37-26(36)32-11-5-16(6-12-32)17-3-4-18-20(13-17)31-22-19(23(28)34)14-30-24(21(18)22)33-10-2-7-27(15-33)8-9-29-25(27)35/h3-4,13-14,16,31H,2,5-12,15H2,1H3,(H2,28,34)(H,29,35). The lowest BCUT2D eigenvalue weighted by Gasteiger charge is -2.39. The molecule has 10 heteroatoms. The van der Waals surface area contributed by atoms with Gasteiger partial charge in [-0.3, -0.25) is 9.59 Å². The van der Waals surface area contributed by atoms with E-state index < -0.39 is 5.91 Å². The summed E-state index contributed by atoms with van der Waals surface area (Å²) in [4.78, 5) is 49.0. The molecule has 3 amide bonds. The summed E-state index contributed by atoms with van der Waals surface area (Å²) in [5.74, 6) is 0.706. The Kier molecular flexibility index (Phi) is 5.69. The first-order valence-electron chi connectivity index (χ1n) is 13.0. The number of carbonyl (C=O) groups is 3. The van der Waals surface area contributed by atoms with E-state index in [1.165, 1.54) is 12.7 Å². The van der Waals surface area contributed by atoms with Crippen LogP contribution in [0.15, 0.2) is 24.4 Å². The number of anilines is 1. The molecule has 1 aromatic carbocycles. The normalized spacial score (nSPS) is 22.7. The molecule has 1 atom stereocenters. The van der Waals surface area contributed by atoms with Crippen LogP contribution < -0.4 is 16.0 Å². The fourth-order valence-corrected chi connectivity index (χ4v) is 6.53. The van der Waals surface area contributed by atoms with Gasteiger partial charge in [0, 0.05) is 49.8 Å². The molecule has 10 nitrogen and oxygen atoms in total. The Morgan fingerprint density at radius 3 is 2.70 bits per heavy atom. The van der Waals surface area contributed by atoms with Gasteiger partial charge in [0.2, 0.25) is 5.91 Å². The van der Waals surface area contributed by atoms with Gasteiger partial charge in [-0.05, 0) is 49.7 Å². The number of rotatable bonds is 3. The number of H-pyrrole nitrogens is 1. The van der Waals surface area contributed by atoms with Gasteiger partial charge in [-0.2, -0.15) is 0 Å². The minimum absolute atomic E-state index is 0.129. The number of likely N-dealkylation sites (tertiary alicyclic amines) is 1. The van der Waals surface area contributed by atoms with Crippen LogP contribution in [0.3, 0.4) is 0 Å². The van der Waals surface area contributed by atoms with Crippen LogP contribution in [0.5, 0.6) is 0 Å². The average molecular weight is 505 g/mol. The zero-order valence-corrected chi connectivity index (χ0v) is 21.0. The first kappa shape index (κ1) is 23.6. The maximum Gasteiger partial charge on any atom is 0.409 e. The molecule has 1 unspecified atom stereocenters. The number of aromatic nitrogens is 2. The number of carbonyl (C=O) groups excluding carboxylic acids is 3. The van der Waals surface area contributed by atoms with Crippen LogP contribution in [0.1, 0.15) is 53.9 Å². The van der Waals surface area contributed by atoms with E-state index in [1.807, 2.05) is 0 Å². The summed E-state index contributed by atoms with van der Waals surface area (Å²) >= 11 is 0. The van der Waals surface area contributed by atoms with Crippen molar-refractivity contribution in [3.63, 3.8) is 0 Å².